The van der Waals surface area contributed by atoms with Crippen LogP contribution in [-0.2, 0) is 11.3 Å². The Morgan fingerprint density at radius 1 is 1.00 bits per heavy atom. The fraction of sp³-hybridized carbons (Fsp3) is 0.467. The number of halogens is 1. The van der Waals surface area contributed by atoms with Crippen molar-refractivity contribution < 1.29 is 14.2 Å². The Morgan fingerprint density at radius 2 is 1.85 bits per heavy atom. The summed E-state index contributed by atoms with van der Waals surface area (Å²) in [6, 6.07) is 10.8. The van der Waals surface area contributed by atoms with Crippen molar-refractivity contribution >= 4 is 22.9 Å². The Bertz CT molecular complexity index is 1430. The number of anilines is 2. The number of nitrogens with zero attached hydrogens (tertiary/aromatic N) is 7. The Balaban J connectivity index is 1.19. The SMILES string of the molecule is OCCOCCN1CCN(c2nc(NCc3ccc(-c4cccc(F)c4)nc3)c3ncn(C4CCCC4)c3n2)CC1. The molecule has 0 atom stereocenters. The minimum atomic E-state index is -0.274. The highest BCUT2D eigenvalue weighted by molar-refractivity contribution is 5.84. The Kier molecular flexibility index (Phi) is 8.64. The van der Waals surface area contributed by atoms with Gasteiger partial charge in [0.05, 0.1) is 31.8 Å². The molecule has 1 aliphatic heterocycles. The van der Waals surface area contributed by atoms with E-state index in [2.05, 4.69) is 24.7 Å². The molecule has 6 rings (SSSR count). The Labute approximate surface area is 239 Å². The van der Waals surface area contributed by atoms with E-state index in [1.807, 2.05) is 30.7 Å². The molecule has 41 heavy (non-hydrogen) atoms. The normalized spacial score (nSPS) is 16.6. The predicted molar refractivity (Wildman–Crippen MR) is 156 cm³/mol. The quantitative estimate of drug-likeness (QED) is 0.265. The number of pyridine rings is 1. The summed E-state index contributed by atoms with van der Waals surface area (Å²) in [7, 11) is 0. The topological polar surface area (TPSA) is 104 Å². The molecule has 1 aromatic carbocycles. The number of benzene rings is 1. The number of imidazole rings is 1. The third-order valence-electron chi connectivity index (χ3n) is 7.98. The van der Waals surface area contributed by atoms with Gasteiger partial charge in [-0.25, -0.2) is 9.37 Å². The maximum Gasteiger partial charge on any atom is 0.229 e. The van der Waals surface area contributed by atoms with E-state index in [0.717, 1.165) is 85.3 Å². The molecule has 4 heterocycles. The van der Waals surface area contributed by atoms with Crippen LogP contribution in [0.2, 0.25) is 0 Å². The molecule has 3 aromatic heterocycles. The van der Waals surface area contributed by atoms with Crippen molar-refractivity contribution in [1.29, 1.82) is 0 Å². The van der Waals surface area contributed by atoms with Crippen molar-refractivity contribution in [2.45, 2.75) is 38.3 Å². The molecule has 0 bridgehead atoms. The maximum absolute atomic E-state index is 13.7. The number of hydrogen-bond donors (Lipinski definition) is 2. The number of nitrogens with one attached hydrogen (secondary N) is 1. The van der Waals surface area contributed by atoms with Crippen molar-refractivity contribution in [2.75, 3.05) is 62.8 Å². The van der Waals surface area contributed by atoms with E-state index in [4.69, 9.17) is 24.8 Å². The van der Waals surface area contributed by atoms with Gasteiger partial charge in [-0.3, -0.25) is 9.88 Å². The number of aliphatic hydroxyl groups is 1. The summed E-state index contributed by atoms with van der Waals surface area (Å²) in [4.78, 5) is 23.9. The predicted octanol–water partition coefficient (Wildman–Crippen LogP) is 3.89. The Morgan fingerprint density at radius 3 is 2.61 bits per heavy atom. The van der Waals surface area contributed by atoms with Crippen LogP contribution in [0.1, 0.15) is 37.3 Å². The molecular formula is C30H37FN8O2. The van der Waals surface area contributed by atoms with E-state index in [1.165, 1.54) is 25.0 Å². The third-order valence-corrected chi connectivity index (χ3v) is 7.98. The lowest BCUT2D eigenvalue weighted by atomic mass is 10.1. The first kappa shape index (κ1) is 27.5. The van der Waals surface area contributed by atoms with E-state index >= 15 is 0 Å². The zero-order valence-corrected chi connectivity index (χ0v) is 23.3. The minimum absolute atomic E-state index is 0.0537. The second-order valence-corrected chi connectivity index (χ2v) is 10.7. The van der Waals surface area contributed by atoms with Crippen LogP contribution >= 0.6 is 0 Å². The van der Waals surface area contributed by atoms with Crippen LogP contribution in [0.25, 0.3) is 22.4 Å². The van der Waals surface area contributed by atoms with Gasteiger partial charge in [-0.05, 0) is 36.6 Å². The van der Waals surface area contributed by atoms with E-state index < -0.39 is 0 Å². The van der Waals surface area contributed by atoms with Gasteiger partial charge in [-0.15, -0.1) is 0 Å². The van der Waals surface area contributed by atoms with Gasteiger partial charge in [0.25, 0.3) is 0 Å². The van der Waals surface area contributed by atoms with E-state index in [0.29, 0.717) is 25.8 Å². The van der Waals surface area contributed by atoms with Crippen LogP contribution < -0.4 is 10.2 Å². The van der Waals surface area contributed by atoms with Gasteiger partial charge in [0.1, 0.15) is 5.82 Å². The maximum atomic E-state index is 13.7. The smallest absolute Gasteiger partial charge is 0.229 e. The van der Waals surface area contributed by atoms with Gasteiger partial charge in [0.2, 0.25) is 5.95 Å². The summed E-state index contributed by atoms with van der Waals surface area (Å²) in [5.41, 5.74) is 4.13. The summed E-state index contributed by atoms with van der Waals surface area (Å²) < 4.78 is 21.3. The lowest BCUT2D eigenvalue weighted by Gasteiger charge is -2.34. The molecule has 1 saturated heterocycles. The summed E-state index contributed by atoms with van der Waals surface area (Å²) in [6.07, 6.45) is 8.49. The van der Waals surface area contributed by atoms with Gasteiger partial charge in [0.15, 0.2) is 17.0 Å². The number of ether oxygens (including phenoxy) is 1. The molecule has 0 radical (unpaired) electrons. The highest BCUT2D eigenvalue weighted by Crippen LogP contribution is 2.33. The van der Waals surface area contributed by atoms with Gasteiger partial charge in [0, 0.05) is 57.1 Å². The summed E-state index contributed by atoms with van der Waals surface area (Å²) in [6.45, 7) is 5.89. The molecule has 1 aliphatic carbocycles. The van der Waals surface area contributed by atoms with Crippen LogP contribution in [-0.4, -0.2) is 87.1 Å². The molecule has 11 heteroatoms. The first-order chi connectivity index (χ1) is 20.2. The number of hydrogen-bond acceptors (Lipinski definition) is 9. The zero-order valence-electron chi connectivity index (χ0n) is 23.3. The van der Waals surface area contributed by atoms with Gasteiger partial charge in [-0.1, -0.05) is 31.0 Å². The summed E-state index contributed by atoms with van der Waals surface area (Å²) in [5.74, 6) is 1.16. The minimum Gasteiger partial charge on any atom is -0.394 e. The molecule has 2 aliphatic rings. The van der Waals surface area contributed by atoms with E-state index in [1.54, 1.807) is 6.07 Å². The first-order valence-electron chi connectivity index (χ1n) is 14.5. The molecule has 216 valence electrons. The largest absolute Gasteiger partial charge is 0.394 e. The standard InChI is InChI=1S/C30H37FN8O2/c31-24-5-3-4-23(18-24)26-9-8-22(19-32-26)20-33-28-27-29(39(21-34-27)25-6-1-2-7-25)36-30(35-28)38-12-10-37(11-13-38)14-16-41-17-15-40/h3-5,8-9,18-19,21,25,40H,1-2,6-7,10-17,20H2,(H,33,35,36). The molecule has 0 unspecified atom stereocenters. The number of aromatic nitrogens is 5. The highest BCUT2D eigenvalue weighted by atomic mass is 19.1. The number of fused-ring (bicyclic) bond motifs is 1. The van der Waals surface area contributed by atoms with Gasteiger partial charge < -0.3 is 24.6 Å². The molecule has 10 nitrogen and oxygen atoms in total. The second-order valence-electron chi connectivity index (χ2n) is 10.7. The lowest BCUT2D eigenvalue weighted by molar-refractivity contribution is 0.0724. The fourth-order valence-electron chi connectivity index (χ4n) is 5.68. The molecule has 2 N–H and O–H groups in total. The van der Waals surface area contributed by atoms with Crippen molar-refractivity contribution in [3.8, 4) is 11.3 Å². The van der Waals surface area contributed by atoms with Crippen LogP contribution in [0.5, 0.6) is 0 Å². The molecule has 4 aromatic rings. The van der Waals surface area contributed by atoms with E-state index in [9.17, 15) is 4.39 Å². The molecule has 0 spiro atoms. The van der Waals surface area contributed by atoms with E-state index in [-0.39, 0.29) is 12.4 Å². The third kappa shape index (κ3) is 6.47. The number of piperazine rings is 1. The van der Waals surface area contributed by atoms with Crippen LogP contribution in [0.4, 0.5) is 16.2 Å². The monoisotopic (exact) mass is 560 g/mol. The molecule has 2 fully saturated rings. The zero-order chi connectivity index (χ0) is 28.0. The molecule has 0 amide bonds. The van der Waals surface area contributed by atoms with Gasteiger partial charge in [-0.2, -0.15) is 9.97 Å². The Hall–Kier alpha value is -3.67. The summed E-state index contributed by atoms with van der Waals surface area (Å²) in [5, 5.41) is 12.4. The highest BCUT2D eigenvalue weighted by Gasteiger charge is 2.25. The molecule has 1 saturated carbocycles. The van der Waals surface area contributed by atoms with Crippen molar-refractivity contribution in [1.82, 2.24) is 29.4 Å². The van der Waals surface area contributed by atoms with Crippen LogP contribution in [0.15, 0.2) is 48.9 Å². The average Bonchev–Trinajstić information content (AvgIpc) is 3.69. The van der Waals surface area contributed by atoms with Crippen LogP contribution in [0, 0.1) is 5.82 Å². The van der Waals surface area contributed by atoms with Crippen molar-refractivity contribution in [2.24, 2.45) is 0 Å². The molecular weight excluding hydrogens is 523 g/mol. The first-order valence-corrected chi connectivity index (χ1v) is 14.5. The fourth-order valence-corrected chi connectivity index (χ4v) is 5.68. The van der Waals surface area contributed by atoms with Crippen molar-refractivity contribution in [3.63, 3.8) is 0 Å². The van der Waals surface area contributed by atoms with Gasteiger partial charge >= 0.3 is 0 Å². The van der Waals surface area contributed by atoms with Crippen LogP contribution in [0.3, 0.4) is 0 Å². The van der Waals surface area contributed by atoms with Crippen molar-refractivity contribution in [3.05, 3.63) is 60.3 Å². The number of aliphatic hydroxyl groups excluding tert-OH is 1. The lowest BCUT2D eigenvalue weighted by Crippen LogP contribution is -2.48. The number of rotatable bonds is 11. The average molecular weight is 561 g/mol. The summed E-state index contributed by atoms with van der Waals surface area (Å²) >= 11 is 0. The second kappa shape index (κ2) is 12.9.